The van der Waals surface area contributed by atoms with E-state index < -0.39 is 12.0 Å². The zero-order valence-corrected chi connectivity index (χ0v) is 16.1. The molecule has 0 aliphatic rings. The van der Waals surface area contributed by atoms with Crippen LogP contribution in [0.15, 0.2) is 30.3 Å². The fraction of sp³-hybridized carbons (Fsp3) is 0.550. The van der Waals surface area contributed by atoms with Gasteiger partial charge in [-0.3, -0.25) is 9.59 Å². The molecule has 0 spiro atoms. The van der Waals surface area contributed by atoms with Gasteiger partial charge in [-0.1, -0.05) is 58.0 Å². The molecule has 1 aromatic rings. The zero-order valence-electron chi connectivity index (χ0n) is 16.1. The van der Waals surface area contributed by atoms with E-state index in [0.29, 0.717) is 0 Å². The van der Waals surface area contributed by atoms with E-state index in [1.165, 1.54) is 0 Å². The highest BCUT2D eigenvalue weighted by Crippen LogP contribution is 2.06. The summed E-state index contributed by atoms with van der Waals surface area (Å²) in [6.45, 7) is 7.26. The average molecular weight is 362 g/mol. The fourth-order valence-electron chi connectivity index (χ4n) is 2.49. The lowest BCUT2D eigenvalue weighted by molar-refractivity contribution is -0.153. The number of hydrogen-bond acceptors (Lipinski definition) is 4. The Labute approximate surface area is 155 Å². The molecule has 1 rings (SSSR count). The summed E-state index contributed by atoms with van der Waals surface area (Å²) in [5.41, 5.74) is 0.866. The van der Waals surface area contributed by atoms with E-state index in [0.717, 1.165) is 18.4 Å². The van der Waals surface area contributed by atoms with Crippen LogP contribution in [0.2, 0.25) is 0 Å². The first kappa shape index (κ1) is 21.7. The van der Waals surface area contributed by atoms with Gasteiger partial charge in [0.15, 0.2) is 6.61 Å². The minimum Gasteiger partial charge on any atom is -0.454 e. The van der Waals surface area contributed by atoms with Gasteiger partial charge in [-0.2, -0.15) is 0 Å². The van der Waals surface area contributed by atoms with Crippen molar-refractivity contribution in [3.8, 4) is 0 Å². The van der Waals surface area contributed by atoms with Crippen LogP contribution >= 0.6 is 0 Å². The largest absolute Gasteiger partial charge is 0.454 e. The Balaban J connectivity index is 2.53. The molecular weight excluding hydrogens is 332 g/mol. The number of hydrogen-bond donors (Lipinski definition) is 2. The molecule has 0 saturated carbocycles. The second-order valence-electron chi connectivity index (χ2n) is 6.64. The number of ether oxygens (including phenoxy) is 1. The molecular formula is C20H30N2O4. The van der Waals surface area contributed by atoms with Gasteiger partial charge < -0.3 is 15.4 Å². The van der Waals surface area contributed by atoms with E-state index in [1.54, 1.807) is 0 Å². The third-order valence-electron chi connectivity index (χ3n) is 4.14. The van der Waals surface area contributed by atoms with Gasteiger partial charge in [-0.25, -0.2) is 4.79 Å². The van der Waals surface area contributed by atoms with Crippen molar-refractivity contribution in [2.75, 3.05) is 6.61 Å². The Morgan fingerprint density at radius 2 is 1.58 bits per heavy atom. The number of nitrogens with one attached hydrogen (secondary N) is 2. The van der Waals surface area contributed by atoms with E-state index in [4.69, 9.17) is 4.74 Å². The van der Waals surface area contributed by atoms with E-state index >= 15 is 0 Å². The summed E-state index contributed by atoms with van der Waals surface area (Å²) in [6.07, 6.45) is 1.83. The lowest BCUT2D eigenvalue weighted by Gasteiger charge is -2.21. The predicted molar refractivity (Wildman–Crippen MR) is 100 cm³/mol. The Hall–Kier alpha value is -2.37. The molecule has 6 nitrogen and oxygen atoms in total. The van der Waals surface area contributed by atoms with E-state index in [-0.39, 0.29) is 36.8 Å². The van der Waals surface area contributed by atoms with Gasteiger partial charge in [-0.15, -0.1) is 0 Å². The second-order valence-corrected chi connectivity index (χ2v) is 6.64. The topological polar surface area (TPSA) is 84.5 Å². The maximum Gasteiger partial charge on any atom is 0.329 e. The standard InChI is InChI=1S/C20H30N2O4/c1-5-16(6-2)21-18(24)13-26-20(25)19(14(3)4)22-17(23)12-15-10-8-7-9-11-15/h7-11,14,16,19H,5-6,12-13H2,1-4H3,(H,21,24)(H,22,23)/t19-/m0/s1. The quantitative estimate of drug-likeness (QED) is 0.625. The van der Waals surface area contributed by atoms with E-state index in [1.807, 2.05) is 58.0 Å². The number of amides is 2. The third-order valence-corrected chi connectivity index (χ3v) is 4.14. The Morgan fingerprint density at radius 3 is 2.12 bits per heavy atom. The highest BCUT2D eigenvalue weighted by atomic mass is 16.5. The van der Waals surface area contributed by atoms with Crippen molar-refractivity contribution >= 4 is 17.8 Å². The predicted octanol–water partition coefficient (Wildman–Crippen LogP) is 2.22. The van der Waals surface area contributed by atoms with Crippen LogP contribution in [0.25, 0.3) is 0 Å². The summed E-state index contributed by atoms with van der Waals surface area (Å²) in [4.78, 5) is 36.3. The first-order chi connectivity index (χ1) is 12.4. The first-order valence-electron chi connectivity index (χ1n) is 9.16. The van der Waals surface area contributed by atoms with Crippen LogP contribution < -0.4 is 10.6 Å². The maximum atomic E-state index is 12.3. The maximum absolute atomic E-state index is 12.3. The molecule has 0 aromatic heterocycles. The van der Waals surface area contributed by atoms with Crippen molar-refractivity contribution in [3.05, 3.63) is 35.9 Å². The van der Waals surface area contributed by atoms with Crippen molar-refractivity contribution in [3.63, 3.8) is 0 Å². The van der Waals surface area contributed by atoms with Crippen molar-refractivity contribution < 1.29 is 19.1 Å². The van der Waals surface area contributed by atoms with Crippen molar-refractivity contribution in [2.45, 2.75) is 59.0 Å². The van der Waals surface area contributed by atoms with Gasteiger partial charge in [0.2, 0.25) is 5.91 Å². The van der Waals surface area contributed by atoms with Crippen LogP contribution in [-0.4, -0.2) is 36.5 Å². The molecule has 0 heterocycles. The Bertz CT molecular complexity index is 583. The molecule has 0 fully saturated rings. The van der Waals surface area contributed by atoms with Gasteiger partial charge in [0.25, 0.3) is 5.91 Å². The molecule has 2 amide bonds. The summed E-state index contributed by atoms with van der Waals surface area (Å²) < 4.78 is 5.10. The molecule has 0 bridgehead atoms. The molecule has 26 heavy (non-hydrogen) atoms. The van der Waals surface area contributed by atoms with Crippen LogP contribution in [0.5, 0.6) is 0 Å². The van der Waals surface area contributed by atoms with Crippen molar-refractivity contribution in [1.82, 2.24) is 10.6 Å². The molecule has 2 N–H and O–H groups in total. The highest BCUT2D eigenvalue weighted by Gasteiger charge is 2.26. The Kier molecular flexibility index (Phi) is 9.41. The smallest absolute Gasteiger partial charge is 0.329 e. The third kappa shape index (κ3) is 7.68. The lowest BCUT2D eigenvalue weighted by Crippen LogP contribution is -2.47. The summed E-state index contributed by atoms with van der Waals surface area (Å²) in [7, 11) is 0. The average Bonchev–Trinajstić information content (AvgIpc) is 2.62. The normalized spacial score (nSPS) is 11.9. The molecule has 0 aliphatic heterocycles. The number of rotatable bonds is 10. The zero-order chi connectivity index (χ0) is 19.5. The first-order valence-corrected chi connectivity index (χ1v) is 9.16. The van der Waals surface area contributed by atoms with Crippen LogP contribution in [0, 0.1) is 5.92 Å². The van der Waals surface area contributed by atoms with E-state index in [9.17, 15) is 14.4 Å². The molecule has 0 radical (unpaired) electrons. The van der Waals surface area contributed by atoms with Gasteiger partial charge in [0.1, 0.15) is 6.04 Å². The number of esters is 1. The molecule has 0 unspecified atom stereocenters. The molecule has 6 heteroatoms. The number of benzene rings is 1. The number of carbonyl (C=O) groups excluding carboxylic acids is 3. The molecule has 1 atom stereocenters. The number of carbonyl (C=O) groups is 3. The molecule has 1 aromatic carbocycles. The monoisotopic (exact) mass is 362 g/mol. The minimum atomic E-state index is -0.785. The fourth-order valence-corrected chi connectivity index (χ4v) is 2.49. The highest BCUT2D eigenvalue weighted by molar-refractivity contribution is 5.87. The van der Waals surface area contributed by atoms with Gasteiger partial charge in [0.05, 0.1) is 6.42 Å². The Morgan fingerprint density at radius 1 is 0.962 bits per heavy atom. The lowest BCUT2D eigenvalue weighted by atomic mass is 10.0. The van der Waals surface area contributed by atoms with Gasteiger partial charge in [0, 0.05) is 6.04 Å². The molecule has 0 aliphatic carbocycles. The van der Waals surface area contributed by atoms with E-state index in [2.05, 4.69) is 10.6 Å². The minimum absolute atomic E-state index is 0.0765. The van der Waals surface area contributed by atoms with Gasteiger partial charge >= 0.3 is 5.97 Å². The van der Waals surface area contributed by atoms with Crippen LogP contribution in [-0.2, 0) is 25.5 Å². The second kappa shape index (κ2) is 11.3. The summed E-state index contributed by atoms with van der Waals surface area (Å²) in [5, 5.41) is 5.52. The van der Waals surface area contributed by atoms with Crippen molar-refractivity contribution in [2.24, 2.45) is 5.92 Å². The van der Waals surface area contributed by atoms with Crippen molar-refractivity contribution in [1.29, 1.82) is 0 Å². The summed E-state index contributed by atoms with van der Waals surface area (Å²) in [5.74, 6) is -1.33. The molecule has 144 valence electrons. The van der Waals surface area contributed by atoms with Gasteiger partial charge in [-0.05, 0) is 24.3 Å². The summed E-state index contributed by atoms with van der Waals surface area (Å²) >= 11 is 0. The van der Waals surface area contributed by atoms with Crippen LogP contribution in [0.4, 0.5) is 0 Å². The summed E-state index contributed by atoms with van der Waals surface area (Å²) in [6, 6.07) is 8.59. The SMILES string of the molecule is CCC(CC)NC(=O)COC(=O)[C@@H](NC(=O)Cc1ccccc1)C(C)C. The van der Waals surface area contributed by atoms with Crippen LogP contribution in [0.1, 0.15) is 46.1 Å². The molecule has 0 saturated heterocycles. The van der Waals surface area contributed by atoms with Crippen LogP contribution in [0.3, 0.4) is 0 Å².